The highest BCUT2D eigenvalue weighted by Gasteiger charge is 2.37. The van der Waals surface area contributed by atoms with Crippen LogP contribution in [0.5, 0.6) is 0 Å². The zero-order chi connectivity index (χ0) is 14.3. The second-order valence-corrected chi connectivity index (χ2v) is 5.80. The molecule has 0 atom stereocenters. The molecule has 0 spiro atoms. The number of aromatic nitrogens is 2. The number of hydrogen-bond acceptors (Lipinski definition) is 3. The molecule has 0 unspecified atom stereocenters. The monoisotopic (exact) mass is 276 g/mol. The highest BCUT2D eigenvalue weighted by Crippen LogP contribution is 2.28. The van der Waals surface area contributed by atoms with Crippen LogP contribution in [0, 0.1) is 0 Å². The van der Waals surface area contributed by atoms with Crippen molar-refractivity contribution in [3.8, 4) is 0 Å². The van der Waals surface area contributed by atoms with Crippen molar-refractivity contribution < 1.29 is 9.59 Å². The highest BCUT2D eigenvalue weighted by atomic mass is 16.2. The van der Waals surface area contributed by atoms with E-state index in [1.54, 1.807) is 17.3 Å². The van der Waals surface area contributed by atoms with Crippen LogP contribution in [0.3, 0.4) is 0 Å². The third-order valence-corrected chi connectivity index (χ3v) is 3.95. The van der Waals surface area contributed by atoms with Gasteiger partial charge in [0.25, 0.3) is 5.91 Å². The smallest absolute Gasteiger partial charge is 0.290 e. The summed E-state index contributed by atoms with van der Waals surface area (Å²) in [6.07, 6.45) is 5.66. The van der Waals surface area contributed by atoms with E-state index in [9.17, 15) is 9.59 Å². The van der Waals surface area contributed by atoms with Gasteiger partial charge in [0.15, 0.2) is 5.82 Å². The molecule has 1 aliphatic heterocycles. The molecule has 1 saturated carbocycles. The van der Waals surface area contributed by atoms with Gasteiger partial charge < -0.3 is 14.4 Å². The number of hydrogen-bond donors (Lipinski definition) is 0. The van der Waals surface area contributed by atoms with Crippen molar-refractivity contribution in [2.45, 2.75) is 38.8 Å². The summed E-state index contributed by atoms with van der Waals surface area (Å²) in [5.74, 6) is 0.343. The Morgan fingerprint density at radius 1 is 1.35 bits per heavy atom. The van der Waals surface area contributed by atoms with Gasteiger partial charge in [-0.05, 0) is 26.7 Å². The van der Waals surface area contributed by atoms with Gasteiger partial charge >= 0.3 is 0 Å². The van der Waals surface area contributed by atoms with Crippen molar-refractivity contribution in [2.24, 2.45) is 0 Å². The summed E-state index contributed by atoms with van der Waals surface area (Å²) in [4.78, 5) is 32.3. The van der Waals surface area contributed by atoms with Crippen molar-refractivity contribution in [1.29, 1.82) is 0 Å². The fourth-order valence-corrected chi connectivity index (χ4v) is 2.67. The topological polar surface area (TPSA) is 58.4 Å². The largest absolute Gasteiger partial charge is 0.336 e. The molecule has 6 nitrogen and oxygen atoms in total. The summed E-state index contributed by atoms with van der Waals surface area (Å²) in [6, 6.07) is 0.609. The Kier molecular flexibility index (Phi) is 3.23. The first-order chi connectivity index (χ1) is 9.58. The number of rotatable bonds is 3. The van der Waals surface area contributed by atoms with Gasteiger partial charge in [-0.25, -0.2) is 4.98 Å². The van der Waals surface area contributed by atoms with Crippen LogP contribution in [0.4, 0.5) is 0 Å². The number of amides is 2. The lowest BCUT2D eigenvalue weighted by Crippen LogP contribution is -2.53. The SMILES string of the molecule is CC(C)n1ccnc1C(=O)N1CCN(C2CC2)C(=O)C1. The Balaban J connectivity index is 1.71. The predicted molar refractivity (Wildman–Crippen MR) is 73.3 cm³/mol. The van der Waals surface area contributed by atoms with E-state index in [0.29, 0.717) is 25.0 Å². The number of imidazole rings is 1. The fourth-order valence-electron chi connectivity index (χ4n) is 2.67. The van der Waals surface area contributed by atoms with Crippen molar-refractivity contribution >= 4 is 11.8 Å². The normalized spacial score (nSPS) is 19.9. The van der Waals surface area contributed by atoms with E-state index in [-0.39, 0.29) is 24.4 Å². The molecule has 1 aromatic heterocycles. The molecule has 108 valence electrons. The molecule has 2 amide bonds. The van der Waals surface area contributed by atoms with Crippen LogP contribution in [0.2, 0.25) is 0 Å². The first kappa shape index (κ1) is 13.1. The van der Waals surface area contributed by atoms with Crippen LogP contribution in [0.1, 0.15) is 43.3 Å². The van der Waals surface area contributed by atoms with E-state index < -0.39 is 0 Å². The average molecular weight is 276 g/mol. The first-order valence-corrected chi connectivity index (χ1v) is 7.19. The molecule has 0 radical (unpaired) electrons. The lowest BCUT2D eigenvalue weighted by atomic mass is 10.2. The van der Waals surface area contributed by atoms with Gasteiger partial charge in [-0.1, -0.05) is 0 Å². The van der Waals surface area contributed by atoms with Crippen molar-refractivity contribution in [1.82, 2.24) is 19.4 Å². The summed E-state index contributed by atoms with van der Waals surface area (Å²) >= 11 is 0. The number of carbonyl (C=O) groups is 2. The van der Waals surface area contributed by atoms with E-state index in [2.05, 4.69) is 4.98 Å². The van der Waals surface area contributed by atoms with Gasteiger partial charge in [0.05, 0.1) is 0 Å². The minimum Gasteiger partial charge on any atom is -0.336 e. The van der Waals surface area contributed by atoms with Gasteiger partial charge in [-0.15, -0.1) is 0 Å². The van der Waals surface area contributed by atoms with E-state index in [0.717, 1.165) is 12.8 Å². The summed E-state index contributed by atoms with van der Waals surface area (Å²) in [5.41, 5.74) is 0. The Hall–Kier alpha value is -1.85. The Morgan fingerprint density at radius 2 is 2.10 bits per heavy atom. The zero-order valence-corrected chi connectivity index (χ0v) is 12.0. The van der Waals surface area contributed by atoms with Gasteiger partial charge in [0.2, 0.25) is 5.91 Å². The maximum absolute atomic E-state index is 12.5. The maximum atomic E-state index is 12.5. The summed E-state index contributed by atoms with van der Waals surface area (Å²) in [5, 5.41) is 0. The molecular weight excluding hydrogens is 256 g/mol. The van der Waals surface area contributed by atoms with Crippen LogP contribution < -0.4 is 0 Å². The number of carbonyl (C=O) groups excluding carboxylic acids is 2. The van der Waals surface area contributed by atoms with Crippen LogP contribution >= 0.6 is 0 Å². The number of nitrogens with zero attached hydrogens (tertiary/aromatic N) is 4. The van der Waals surface area contributed by atoms with Gasteiger partial charge in [-0.2, -0.15) is 0 Å². The fraction of sp³-hybridized carbons (Fsp3) is 0.643. The lowest BCUT2D eigenvalue weighted by Gasteiger charge is -2.34. The predicted octanol–water partition coefficient (Wildman–Crippen LogP) is 0.911. The minimum atomic E-state index is -0.146. The molecule has 0 bridgehead atoms. The third kappa shape index (κ3) is 2.30. The summed E-state index contributed by atoms with van der Waals surface area (Å²) < 4.78 is 1.85. The van der Waals surface area contributed by atoms with Crippen molar-refractivity contribution in [3.05, 3.63) is 18.2 Å². The van der Waals surface area contributed by atoms with E-state index in [4.69, 9.17) is 0 Å². The van der Waals surface area contributed by atoms with Crippen molar-refractivity contribution in [2.75, 3.05) is 19.6 Å². The van der Waals surface area contributed by atoms with E-state index >= 15 is 0 Å². The summed E-state index contributed by atoms with van der Waals surface area (Å²) in [7, 11) is 0. The second kappa shape index (κ2) is 4.92. The molecule has 1 saturated heterocycles. The van der Waals surface area contributed by atoms with Crippen LogP contribution in [-0.4, -0.2) is 56.8 Å². The molecule has 2 aliphatic rings. The highest BCUT2D eigenvalue weighted by molar-refractivity contribution is 5.94. The Morgan fingerprint density at radius 3 is 2.70 bits per heavy atom. The number of piperazine rings is 1. The Labute approximate surface area is 118 Å². The van der Waals surface area contributed by atoms with Gasteiger partial charge in [0, 0.05) is 37.6 Å². The quantitative estimate of drug-likeness (QED) is 0.824. The molecule has 1 aromatic rings. The standard InChI is InChI=1S/C14H20N4O2/c1-10(2)17-6-5-15-13(17)14(20)16-7-8-18(11-3-4-11)12(19)9-16/h5-6,10-11H,3-4,7-9H2,1-2H3. The average Bonchev–Trinajstić information content (AvgIpc) is 3.13. The minimum absolute atomic E-state index is 0.0646. The summed E-state index contributed by atoms with van der Waals surface area (Å²) in [6.45, 7) is 5.45. The van der Waals surface area contributed by atoms with Crippen LogP contribution in [0.15, 0.2) is 12.4 Å². The molecule has 0 N–H and O–H groups in total. The lowest BCUT2D eigenvalue weighted by molar-refractivity contribution is -0.135. The van der Waals surface area contributed by atoms with Crippen LogP contribution in [-0.2, 0) is 4.79 Å². The zero-order valence-electron chi connectivity index (χ0n) is 12.0. The molecule has 1 aliphatic carbocycles. The van der Waals surface area contributed by atoms with Crippen molar-refractivity contribution in [3.63, 3.8) is 0 Å². The first-order valence-electron chi connectivity index (χ1n) is 7.19. The molecular formula is C14H20N4O2. The molecule has 2 fully saturated rings. The van der Waals surface area contributed by atoms with Crippen LogP contribution in [0.25, 0.3) is 0 Å². The second-order valence-electron chi connectivity index (χ2n) is 5.80. The van der Waals surface area contributed by atoms with E-state index in [1.807, 2.05) is 23.3 Å². The van der Waals surface area contributed by atoms with E-state index in [1.165, 1.54) is 0 Å². The van der Waals surface area contributed by atoms with Gasteiger partial charge in [-0.3, -0.25) is 9.59 Å². The molecule has 3 rings (SSSR count). The molecule has 6 heteroatoms. The third-order valence-electron chi connectivity index (χ3n) is 3.95. The maximum Gasteiger partial charge on any atom is 0.290 e. The molecule has 0 aromatic carbocycles. The van der Waals surface area contributed by atoms with Gasteiger partial charge in [0.1, 0.15) is 6.54 Å². The Bertz CT molecular complexity index is 533. The molecule has 20 heavy (non-hydrogen) atoms. The molecule has 2 heterocycles.